The fourth-order valence-electron chi connectivity index (χ4n) is 1.26. The molecule has 0 saturated heterocycles. The summed E-state index contributed by atoms with van der Waals surface area (Å²) in [6.45, 7) is 1.80. The highest BCUT2D eigenvalue weighted by Crippen LogP contribution is 2.09. The summed E-state index contributed by atoms with van der Waals surface area (Å²) >= 11 is 1.25. The first-order valence-corrected chi connectivity index (χ1v) is 6.22. The van der Waals surface area contributed by atoms with E-state index in [1.54, 1.807) is 6.07 Å². The van der Waals surface area contributed by atoms with E-state index in [2.05, 4.69) is 11.8 Å². The summed E-state index contributed by atoms with van der Waals surface area (Å²) in [5.74, 6) is 6.27. The molecule has 0 amide bonds. The Hall–Kier alpha value is -1.31. The molecule has 0 radical (unpaired) electrons. The Morgan fingerprint density at radius 2 is 2.29 bits per heavy atom. The van der Waals surface area contributed by atoms with Crippen molar-refractivity contribution in [3.05, 3.63) is 35.1 Å². The van der Waals surface area contributed by atoms with Crippen molar-refractivity contribution in [1.82, 2.24) is 0 Å². The van der Waals surface area contributed by atoms with Crippen molar-refractivity contribution in [3.63, 3.8) is 0 Å². The molecule has 2 N–H and O–H groups in total. The molecule has 90 valence electrons. The maximum atomic E-state index is 12.9. The zero-order valence-corrected chi connectivity index (χ0v) is 10.4. The van der Waals surface area contributed by atoms with Crippen LogP contribution in [0.1, 0.15) is 24.5 Å². The van der Waals surface area contributed by atoms with Crippen molar-refractivity contribution in [2.45, 2.75) is 19.9 Å². The fourth-order valence-corrected chi connectivity index (χ4v) is 1.75. The van der Waals surface area contributed by atoms with Crippen LogP contribution in [0.4, 0.5) is 4.39 Å². The van der Waals surface area contributed by atoms with E-state index in [0.29, 0.717) is 17.7 Å². The summed E-state index contributed by atoms with van der Waals surface area (Å²) in [6, 6.07) is 4.39. The van der Waals surface area contributed by atoms with Crippen LogP contribution < -0.4 is 5.73 Å². The van der Waals surface area contributed by atoms with Crippen LogP contribution in [0, 0.1) is 17.7 Å². The Morgan fingerprint density at radius 1 is 1.53 bits per heavy atom. The van der Waals surface area contributed by atoms with Crippen LogP contribution in [0.5, 0.6) is 0 Å². The molecule has 4 heteroatoms. The molecule has 17 heavy (non-hydrogen) atoms. The van der Waals surface area contributed by atoms with Crippen LogP contribution in [0.15, 0.2) is 18.2 Å². The molecule has 2 nitrogen and oxygen atoms in total. The van der Waals surface area contributed by atoms with Gasteiger partial charge in [-0.2, -0.15) is 0 Å². The Balaban J connectivity index is 2.62. The zero-order valence-electron chi connectivity index (χ0n) is 9.63. The number of benzene rings is 1. The quantitative estimate of drug-likeness (QED) is 0.662. The largest absolute Gasteiger partial charge is 0.326 e. The normalized spacial score (nSPS) is 9.59. The minimum Gasteiger partial charge on any atom is -0.326 e. The van der Waals surface area contributed by atoms with Crippen molar-refractivity contribution in [2.24, 2.45) is 5.73 Å². The van der Waals surface area contributed by atoms with Crippen molar-refractivity contribution < 1.29 is 9.18 Å². The van der Waals surface area contributed by atoms with Crippen LogP contribution in [0.25, 0.3) is 0 Å². The van der Waals surface area contributed by atoms with Gasteiger partial charge in [0, 0.05) is 31.2 Å². The minimum atomic E-state index is -0.303. The number of thioether (sulfide) groups is 1. The zero-order chi connectivity index (χ0) is 12.7. The Bertz CT molecular complexity index is 462. The topological polar surface area (TPSA) is 43.1 Å². The second kappa shape index (κ2) is 7.10. The van der Waals surface area contributed by atoms with Crippen LogP contribution in [0.3, 0.4) is 0 Å². The summed E-state index contributed by atoms with van der Waals surface area (Å²) in [4.78, 5) is 10.7. The van der Waals surface area contributed by atoms with E-state index in [1.807, 2.05) is 0 Å². The molecule has 0 bridgehead atoms. The van der Waals surface area contributed by atoms with E-state index in [1.165, 1.54) is 30.8 Å². The summed E-state index contributed by atoms with van der Waals surface area (Å²) < 4.78 is 12.9. The van der Waals surface area contributed by atoms with Gasteiger partial charge in [-0.05, 0) is 23.8 Å². The second-order valence-electron chi connectivity index (χ2n) is 3.40. The lowest BCUT2D eigenvalue weighted by molar-refractivity contribution is -0.109. The van der Waals surface area contributed by atoms with E-state index < -0.39 is 0 Å². The van der Waals surface area contributed by atoms with Crippen molar-refractivity contribution in [1.29, 1.82) is 0 Å². The number of rotatable bonds is 3. The van der Waals surface area contributed by atoms with E-state index in [4.69, 9.17) is 5.73 Å². The Labute approximate surface area is 105 Å². The first-order valence-electron chi connectivity index (χ1n) is 5.24. The number of carbonyl (C=O) groups excluding carboxylic acids is 1. The molecular formula is C13H14FNOS. The van der Waals surface area contributed by atoms with Crippen LogP contribution in [-0.4, -0.2) is 10.9 Å². The van der Waals surface area contributed by atoms with Gasteiger partial charge in [-0.3, -0.25) is 4.79 Å². The number of hydrogen-bond acceptors (Lipinski definition) is 3. The first-order chi connectivity index (χ1) is 8.13. The SMILES string of the molecule is CC(=O)SCCC#Cc1ccc(F)cc1CN. The summed E-state index contributed by atoms with van der Waals surface area (Å²) in [6.07, 6.45) is 0.631. The van der Waals surface area contributed by atoms with Gasteiger partial charge in [0.2, 0.25) is 0 Å². The Morgan fingerprint density at radius 3 is 2.94 bits per heavy atom. The Kier molecular flexibility index (Phi) is 5.75. The van der Waals surface area contributed by atoms with Crippen LogP contribution >= 0.6 is 11.8 Å². The molecule has 0 aliphatic heterocycles. The maximum Gasteiger partial charge on any atom is 0.185 e. The van der Waals surface area contributed by atoms with Gasteiger partial charge in [-0.25, -0.2) is 4.39 Å². The smallest absolute Gasteiger partial charge is 0.185 e. The number of hydrogen-bond donors (Lipinski definition) is 1. The van der Waals surface area contributed by atoms with Crippen LogP contribution in [0.2, 0.25) is 0 Å². The van der Waals surface area contributed by atoms with E-state index in [0.717, 1.165) is 5.56 Å². The highest BCUT2D eigenvalue weighted by molar-refractivity contribution is 8.13. The highest BCUT2D eigenvalue weighted by atomic mass is 32.2. The molecule has 0 saturated carbocycles. The van der Waals surface area contributed by atoms with Gasteiger partial charge >= 0.3 is 0 Å². The maximum absolute atomic E-state index is 12.9. The minimum absolute atomic E-state index is 0.0937. The third-order valence-electron chi connectivity index (χ3n) is 2.04. The molecule has 0 aromatic heterocycles. The van der Waals surface area contributed by atoms with Gasteiger partial charge in [0.05, 0.1) is 0 Å². The number of carbonyl (C=O) groups is 1. The molecule has 0 atom stereocenters. The van der Waals surface area contributed by atoms with Crippen molar-refractivity contribution in [2.75, 3.05) is 5.75 Å². The second-order valence-corrected chi connectivity index (χ2v) is 4.67. The molecule has 1 aromatic carbocycles. The van der Waals surface area contributed by atoms with Crippen molar-refractivity contribution >= 4 is 16.9 Å². The molecular weight excluding hydrogens is 237 g/mol. The summed E-state index contributed by atoms with van der Waals surface area (Å²) in [5.41, 5.74) is 6.96. The number of halogens is 1. The average molecular weight is 251 g/mol. The van der Waals surface area contributed by atoms with Gasteiger partial charge < -0.3 is 5.73 Å². The molecule has 1 rings (SSSR count). The predicted molar refractivity (Wildman–Crippen MR) is 68.9 cm³/mol. The lowest BCUT2D eigenvalue weighted by Crippen LogP contribution is -2.00. The van der Waals surface area contributed by atoms with Gasteiger partial charge in [-0.1, -0.05) is 23.6 Å². The molecule has 0 aliphatic rings. The van der Waals surface area contributed by atoms with Crippen molar-refractivity contribution in [3.8, 4) is 11.8 Å². The molecule has 0 heterocycles. The molecule has 0 unspecified atom stereocenters. The molecule has 0 aliphatic carbocycles. The van der Waals surface area contributed by atoms with E-state index in [-0.39, 0.29) is 17.5 Å². The van der Waals surface area contributed by atoms with E-state index in [9.17, 15) is 9.18 Å². The number of nitrogens with two attached hydrogens (primary N) is 1. The van der Waals surface area contributed by atoms with Gasteiger partial charge in [0.15, 0.2) is 5.12 Å². The third-order valence-corrected chi connectivity index (χ3v) is 2.86. The molecule has 0 fully saturated rings. The van der Waals surface area contributed by atoms with Gasteiger partial charge in [0.25, 0.3) is 0 Å². The first kappa shape index (κ1) is 13.8. The highest BCUT2D eigenvalue weighted by Gasteiger charge is 1.99. The van der Waals surface area contributed by atoms with E-state index >= 15 is 0 Å². The van der Waals surface area contributed by atoms with Gasteiger partial charge in [-0.15, -0.1) is 0 Å². The predicted octanol–water partition coefficient (Wildman–Crippen LogP) is 2.31. The monoisotopic (exact) mass is 251 g/mol. The lowest BCUT2D eigenvalue weighted by Gasteiger charge is -2.00. The third kappa shape index (κ3) is 5.03. The summed E-state index contributed by atoms with van der Waals surface area (Å²) in [5, 5.41) is 0.0937. The molecule has 0 spiro atoms. The fraction of sp³-hybridized carbons (Fsp3) is 0.308. The summed E-state index contributed by atoms with van der Waals surface area (Å²) in [7, 11) is 0. The van der Waals surface area contributed by atoms with Crippen LogP contribution in [-0.2, 0) is 11.3 Å². The standard InChI is InChI=1S/C13H14FNOS/c1-10(16)17-7-3-2-4-11-5-6-13(14)8-12(11)9-15/h5-6,8H,3,7,9,15H2,1H3. The average Bonchev–Trinajstić information content (AvgIpc) is 2.29. The lowest BCUT2D eigenvalue weighted by atomic mass is 10.1. The van der Waals surface area contributed by atoms with Gasteiger partial charge in [0.1, 0.15) is 5.82 Å². The molecule has 1 aromatic rings.